The van der Waals surface area contributed by atoms with Crippen LogP contribution in [0.15, 0.2) is 29.1 Å². The fourth-order valence-electron chi connectivity index (χ4n) is 4.39. The molecular weight excluding hydrogens is 386 g/mol. The lowest BCUT2D eigenvalue weighted by Crippen LogP contribution is -2.44. The second-order valence-corrected chi connectivity index (χ2v) is 7.80. The minimum Gasteiger partial charge on any atom is -0.481 e. The van der Waals surface area contributed by atoms with Crippen molar-refractivity contribution in [1.29, 1.82) is 0 Å². The lowest BCUT2D eigenvalue weighted by Gasteiger charge is -2.21. The third-order valence-corrected chi connectivity index (χ3v) is 5.90. The van der Waals surface area contributed by atoms with E-state index >= 15 is 0 Å². The van der Waals surface area contributed by atoms with Gasteiger partial charge in [0.05, 0.1) is 43.0 Å². The summed E-state index contributed by atoms with van der Waals surface area (Å²) in [5.41, 5.74) is 3.03. The summed E-state index contributed by atoms with van der Waals surface area (Å²) in [5, 5.41) is 12.8. The van der Waals surface area contributed by atoms with Crippen LogP contribution in [0.4, 0.5) is 0 Å². The summed E-state index contributed by atoms with van der Waals surface area (Å²) < 4.78 is 14.1. The van der Waals surface area contributed by atoms with Gasteiger partial charge < -0.3 is 14.8 Å². The number of hydrogen-bond donors (Lipinski definition) is 1. The van der Waals surface area contributed by atoms with Crippen molar-refractivity contribution in [3.05, 3.63) is 51.4 Å². The molecule has 3 heterocycles. The average molecular weight is 409 g/mol. The number of carbonyl (C=O) groups is 1. The van der Waals surface area contributed by atoms with E-state index in [1.54, 1.807) is 37.0 Å². The van der Waals surface area contributed by atoms with Crippen LogP contribution in [0, 0.1) is 0 Å². The highest BCUT2D eigenvalue weighted by atomic mass is 16.5. The SMILES string of the molecule is COc1c2ccc(C(=O)NC3COCC3n3nc4c(cc3=O)CCC4)cc2nn1C. The molecule has 2 unspecified atom stereocenters. The maximum Gasteiger partial charge on any atom is 0.267 e. The summed E-state index contributed by atoms with van der Waals surface area (Å²) in [6.07, 6.45) is 2.81. The molecule has 2 aromatic heterocycles. The Morgan fingerprint density at radius 2 is 2.10 bits per heavy atom. The third-order valence-electron chi connectivity index (χ3n) is 5.90. The number of amides is 1. The Morgan fingerprint density at radius 3 is 2.93 bits per heavy atom. The van der Waals surface area contributed by atoms with Gasteiger partial charge in [0.1, 0.15) is 6.04 Å². The Bertz CT molecular complexity index is 1200. The normalized spacial score (nSPS) is 20.5. The van der Waals surface area contributed by atoms with Crippen molar-refractivity contribution >= 4 is 16.8 Å². The molecule has 1 amide bonds. The Hall–Kier alpha value is -3.20. The second kappa shape index (κ2) is 7.24. The van der Waals surface area contributed by atoms with Gasteiger partial charge in [-0.15, -0.1) is 0 Å². The van der Waals surface area contributed by atoms with Crippen molar-refractivity contribution in [3.63, 3.8) is 0 Å². The molecule has 0 radical (unpaired) electrons. The molecule has 1 fully saturated rings. The minimum absolute atomic E-state index is 0.146. The van der Waals surface area contributed by atoms with Gasteiger partial charge in [0.25, 0.3) is 11.5 Å². The third kappa shape index (κ3) is 3.06. The van der Waals surface area contributed by atoms with Crippen molar-refractivity contribution in [2.24, 2.45) is 7.05 Å². The summed E-state index contributed by atoms with van der Waals surface area (Å²) in [6, 6.07) is 6.31. The predicted molar refractivity (Wildman–Crippen MR) is 109 cm³/mol. The predicted octanol–water partition coefficient (Wildman–Crippen LogP) is 0.997. The highest BCUT2D eigenvalue weighted by molar-refractivity contribution is 5.98. The summed E-state index contributed by atoms with van der Waals surface area (Å²) in [4.78, 5) is 25.5. The zero-order chi connectivity index (χ0) is 20.8. The lowest BCUT2D eigenvalue weighted by molar-refractivity contribution is 0.0924. The van der Waals surface area contributed by atoms with Crippen LogP contribution in [-0.4, -0.2) is 51.8 Å². The summed E-state index contributed by atoms with van der Waals surface area (Å²) >= 11 is 0. The molecule has 1 aliphatic carbocycles. The molecule has 0 saturated carbocycles. The number of ether oxygens (including phenoxy) is 2. The summed E-state index contributed by atoms with van der Waals surface area (Å²) in [5.74, 6) is 0.402. The standard InChI is InChI=1S/C21H23N5O4/c1-25-21(29-2)14-7-6-13(8-16(14)23-25)20(28)22-17-10-30-11-18(17)26-19(27)9-12-4-3-5-15(12)24-26/h6-9,17-18H,3-5,10-11H2,1-2H3,(H,22,28). The van der Waals surface area contributed by atoms with Gasteiger partial charge in [-0.1, -0.05) is 0 Å². The molecule has 3 aromatic rings. The number of methoxy groups -OCH3 is 1. The number of rotatable bonds is 4. The van der Waals surface area contributed by atoms with E-state index in [9.17, 15) is 9.59 Å². The first-order chi connectivity index (χ1) is 14.5. The van der Waals surface area contributed by atoms with Gasteiger partial charge in [-0.25, -0.2) is 9.36 Å². The van der Waals surface area contributed by atoms with Gasteiger partial charge >= 0.3 is 0 Å². The zero-order valence-corrected chi connectivity index (χ0v) is 16.9. The Morgan fingerprint density at radius 1 is 1.23 bits per heavy atom. The number of aryl methyl sites for hydroxylation is 3. The van der Waals surface area contributed by atoms with Gasteiger partial charge in [-0.2, -0.15) is 10.2 Å². The second-order valence-electron chi connectivity index (χ2n) is 7.80. The molecule has 30 heavy (non-hydrogen) atoms. The van der Waals surface area contributed by atoms with E-state index < -0.39 is 0 Å². The molecule has 9 heteroatoms. The van der Waals surface area contributed by atoms with E-state index in [-0.39, 0.29) is 23.6 Å². The van der Waals surface area contributed by atoms with Crippen molar-refractivity contribution < 1.29 is 14.3 Å². The Balaban J connectivity index is 1.39. The smallest absolute Gasteiger partial charge is 0.267 e. The van der Waals surface area contributed by atoms with Crippen molar-refractivity contribution in [2.75, 3.05) is 20.3 Å². The highest BCUT2D eigenvalue weighted by Gasteiger charge is 2.33. The number of hydrogen-bond acceptors (Lipinski definition) is 6. The van der Waals surface area contributed by atoms with Crippen LogP contribution in [0.25, 0.3) is 10.9 Å². The molecule has 156 valence electrons. The molecule has 9 nitrogen and oxygen atoms in total. The molecular formula is C21H23N5O4. The first-order valence-corrected chi connectivity index (χ1v) is 10.1. The molecule has 5 rings (SSSR count). The molecule has 0 spiro atoms. The highest BCUT2D eigenvalue weighted by Crippen LogP contribution is 2.26. The van der Waals surface area contributed by atoms with Crippen LogP contribution in [0.5, 0.6) is 5.88 Å². The minimum atomic E-state index is -0.337. The summed E-state index contributed by atoms with van der Waals surface area (Å²) in [7, 11) is 3.38. The molecule has 2 atom stereocenters. The fourth-order valence-corrected chi connectivity index (χ4v) is 4.39. The van der Waals surface area contributed by atoms with E-state index in [2.05, 4.69) is 15.5 Å². The van der Waals surface area contributed by atoms with E-state index in [4.69, 9.17) is 9.47 Å². The topological polar surface area (TPSA) is 100 Å². The van der Waals surface area contributed by atoms with Crippen molar-refractivity contribution in [3.8, 4) is 5.88 Å². The maximum absolute atomic E-state index is 12.9. The molecule has 1 saturated heterocycles. The first-order valence-electron chi connectivity index (χ1n) is 10.1. The van der Waals surface area contributed by atoms with Crippen molar-refractivity contribution in [1.82, 2.24) is 24.9 Å². The van der Waals surface area contributed by atoms with Gasteiger partial charge in [0.15, 0.2) is 0 Å². The molecule has 0 bridgehead atoms. The quantitative estimate of drug-likeness (QED) is 0.690. The largest absolute Gasteiger partial charge is 0.481 e. The van der Waals surface area contributed by atoms with E-state index in [1.165, 1.54) is 4.68 Å². The van der Waals surface area contributed by atoms with Crippen LogP contribution in [0.1, 0.15) is 34.1 Å². The van der Waals surface area contributed by atoms with Gasteiger partial charge in [0, 0.05) is 18.7 Å². The molecule has 1 aliphatic heterocycles. The first kappa shape index (κ1) is 18.8. The van der Waals surface area contributed by atoms with Crippen LogP contribution in [0.3, 0.4) is 0 Å². The van der Waals surface area contributed by atoms with Gasteiger partial charge in [-0.3, -0.25) is 9.59 Å². The number of aromatic nitrogens is 4. The van der Waals surface area contributed by atoms with E-state index in [0.717, 1.165) is 35.9 Å². The number of carbonyl (C=O) groups excluding carboxylic acids is 1. The van der Waals surface area contributed by atoms with Crippen LogP contribution < -0.4 is 15.6 Å². The Labute approximate surface area is 172 Å². The average Bonchev–Trinajstić information content (AvgIpc) is 3.44. The lowest BCUT2D eigenvalue weighted by atomic mass is 10.1. The number of fused-ring (bicyclic) bond motifs is 2. The maximum atomic E-state index is 12.9. The van der Waals surface area contributed by atoms with Gasteiger partial charge in [-0.05, 0) is 43.0 Å². The fraction of sp³-hybridized carbons (Fsp3) is 0.429. The van der Waals surface area contributed by atoms with Gasteiger partial charge in [0.2, 0.25) is 5.88 Å². The van der Waals surface area contributed by atoms with Crippen LogP contribution >= 0.6 is 0 Å². The van der Waals surface area contributed by atoms with E-state index in [1.807, 2.05) is 6.07 Å². The van der Waals surface area contributed by atoms with Crippen LogP contribution in [-0.2, 0) is 24.6 Å². The molecule has 1 N–H and O–H groups in total. The van der Waals surface area contributed by atoms with E-state index in [0.29, 0.717) is 30.2 Å². The number of nitrogens with zero attached hydrogens (tertiary/aromatic N) is 4. The monoisotopic (exact) mass is 409 g/mol. The summed E-state index contributed by atoms with van der Waals surface area (Å²) in [6.45, 7) is 0.675. The molecule has 2 aliphatic rings. The Kier molecular flexibility index (Phi) is 4.54. The number of nitrogens with one attached hydrogen (secondary N) is 1. The van der Waals surface area contributed by atoms with Crippen LogP contribution in [0.2, 0.25) is 0 Å². The molecule has 1 aromatic carbocycles. The zero-order valence-electron chi connectivity index (χ0n) is 16.9. The van der Waals surface area contributed by atoms with Crippen molar-refractivity contribution in [2.45, 2.75) is 31.3 Å². The number of benzene rings is 1.